The minimum Gasteiger partial charge on any atom is -0.484 e. The number of fused-ring (bicyclic) bond motifs is 1. The highest BCUT2D eigenvalue weighted by Crippen LogP contribution is 2.22. The molecule has 0 aliphatic rings. The largest absolute Gasteiger partial charge is 0.484 e. The van der Waals surface area contributed by atoms with Crippen LogP contribution in [0.1, 0.15) is 5.56 Å². The molecular weight excluding hydrogens is 290 g/mol. The summed E-state index contributed by atoms with van der Waals surface area (Å²) in [4.78, 5) is 33.7. The van der Waals surface area contributed by atoms with Gasteiger partial charge in [0.15, 0.2) is 6.61 Å². The molecule has 22 heavy (non-hydrogen) atoms. The zero-order chi connectivity index (χ0) is 16.1. The molecule has 2 rings (SSSR count). The summed E-state index contributed by atoms with van der Waals surface area (Å²) in [5, 5.41) is 3.14. The number of nitrogens with one attached hydrogen (secondary N) is 1. The second-order valence-corrected chi connectivity index (χ2v) is 4.55. The lowest BCUT2D eigenvalue weighted by Gasteiger charge is -2.08. The maximum Gasteiger partial charge on any atom is 0.336 e. The Hall–Kier alpha value is -2.83. The number of benzene rings is 1. The van der Waals surface area contributed by atoms with Crippen LogP contribution in [0.25, 0.3) is 11.0 Å². The van der Waals surface area contributed by atoms with E-state index in [1.165, 1.54) is 19.2 Å². The fourth-order valence-corrected chi connectivity index (χ4v) is 1.84. The van der Waals surface area contributed by atoms with Gasteiger partial charge in [-0.1, -0.05) is 0 Å². The van der Waals surface area contributed by atoms with Crippen LogP contribution in [0, 0.1) is 6.92 Å². The van der Waals surface area contributed by atoms with Gasteiger partial charge in [0.2, 0.25) is 0 Å². The van der Waals surface area contributed by atoms with Crippen molar-refractivity contribution in [1.29, 1.82) is 0 Å². The molecule has 1 heterocycles. The number of carbonyl (C=O) groups is 2. The van der Waals surface area contributed by atoms with Crippen molar-refractivity contribution in [3.05, 3.63) is 40.2 Å². The van der Waals surface area contributed by atoms with Gasteiger partial charge in [0.25, 0.3) is 5.91 Å². The number of amides is 1. The van der Waals surface area contributed by atoms with Gasteiger partial charge in [0, 0.05) is 17.5 Å². The number of ether oxygens (including phenoxy) is 2. The molecule has 1 aromatic heterocycles. The summed E-state index contributed by atoms with van der Waals surface area (Å²) < 4.78 is 14.8. The lowest BCUT2D eigenvalue weighted by atomic mass is 10.1. The van der Waals surface area contributed by atoms with E-state index in [0.29, 0.717) is 11.3 Å². The van der Waals surface area contributed by atoms with Crippen LogP contribution >= 0.6 is 0 Å². The first-order valence-corrected chi connectivity index (χ1v) is 6.50. The summed E-state index contributed by atoms with van der Waals surface area (Å²) in [6, 6.07) is 6.36. The minimum absolute atomic E-state index is 0.218. The van der Waals surface area contributed by atoms with E-state index in [1.807, 2.05) is 0 Å². The number of methoxy groups -OCH3 is 1. The van der Waals surface area contributed by atoms with Gasteiger partial charge in [0.05, 0.1) is 7.11 Å². The van der Waals surface area contributed by atoms with E-state index < -0.39 is 17.5 Å². The first-order valence-electron chi connectivity index (χ1n) is 6.50. The molecule has 0 bridgehead atoms. The number of carbonyl (C=O) groups excluding carboxylic acids is 2. The van der Waals surface area contributed by atoms with Crippen molar-refractivity contribution in [2.24, 2.45) is 0 Å². The molecule has 0 aliphatic heterocycles. The SMILES string of the molecule is COC(=O)CNC(=O)COc1ccc2c(C)cc(=O)oc2c1. The smallest absolute Gasteiger partial charge is 0.336 e. The monoisotopic (exact) mass is 305 g/mol. The Labute approximate surface area is 125 Å². The van der Waals surface area contributed by atoms with E-state index in [-0.39, 0.29) is 13.2 Å². The summed E-state index contributed by atoms with van der Waals surface area (Å²) in [5.74, 6) is -0.623. The van der Waals surface area contributed by atoms with Crippen molar-refractivity contribution in [3.8, 4) is 5.75 Å². The summed E-state index contributed by atoms with van der Waals surface area (Å²) >= 11 is 0. The predicted octanol–water partition coefficient (Wildman–Crippen LogP) is 0.769. The highest BCUT2D eigenvalue weighted by Gasteiger charge is 2.08. The quantitative estimate of drug-likeness (QED) is 0.647. The zero-order valence-corrected chi connectivity index (χ0v) is 12.2. The molecule has 116 valence electrons. The average molecular weight is 305 g/mol. The van der Waals surface area contributed by atoms with Gasteiger partial charge in [-0.05, 0) is 24.6 Å². The molecule has 0 saturated carbocycles. The molecule has 0 unspecified atom stereocenters. The third-order valence-corrected chi connectivity index (χ3v) is 2.95. The number of esters is 1. The average Bonchev–Trinajstić information content (AvgIpc) is 2.49. The first-order chi connectivity index (χ1) is 10.5. The Balaban J connectivity index is 2.02. The number of rotatable bonds is 5. The van der Waals surface area contributed by atoms with Crippen molar-refractivity contribution >= 4 is 22.8 Å². The molecule has 0 saturated heterocycles. The van der Waals surface area contributed by atoms with Gasteiger partial charge < -0.3 is 19.2 Å². The fraction of sp³-hybridized carbons (Fsp3) is 0.267. The van der Waals surface area contributed by atoms with E-state index in [2.05, 4.69) is 10.1 Å². The van der Waals surface area contributed by atoms with Crippen molar-refractivity contribution in [3.63, 3.8) is 0 Å². The third kappa shape index (κ3) is 3.85. The molecular formula is C15H15NO6. The van der Waals surface area contributed by atoms with Crippen LogP contribution in [0.5, 0.6) is 5.75 Å². The van der Waals surface area contributed by atoms with Gasteiger partial charge in [0.1, 0.15) is 17.9 Å². The number of aryl methyl sites for hydroxylation is 1. The molecule has 1 aromatic carbocycles. The normalized spacial score (nSPS) is 10.3. The molecule has 1 amide bonds. The Morgan fingerprint density at radius 3 is 2.77 bits per heavy atom. The van der Waals surface area contributed by atoms with Gasteiger partial charge >= 0.3 is 11.6 Å². The van der Waals surface area contributed by atoms with E-state index >= 15 is 0 Å². The fourth-order valence-electron chi connectivity index (χ4n) is 1.84. The van der Waals surface area contributed by atoms with E-state index in [4.69, 9.17) is 9.15 Å². The molecule has 0 atom stereocenters. The standard InChI is InChI=1S/C15H15NO6/c1-9-5-14(18)22-12-6-10(3-4-11(9)12)21-8-13(17)16-7-15(19)20-2/h3-6H,7-8H2,1-2H3,(H,16,17). The first kappa shape index (κ1) is 15.6. The highest BCUT2D eigenvalue weighted by atomic mass is 16.5. The van der Waals surface area contributed by atoms with Crippen LogP contribution in [0.15, 0.2) is 33.5 Å². The Bertz CT molecular complexity index is 764. The van der Waals surface area contributed by atoms with Crippen LogP contribution in [-0.2, 0) is 14.3 Å². The van der Waals surface area contributed by atoms with Crippen molar-refractivity contribution in [1.82, 2.24) is 5.32 Å². The summed E-state index contributed by atoms with van der Waals surface area (Å²) in [6.45, 7) is 1.32. The second kappa shape index (κ2) is 6.75. The number of hydrogen-bond donors (Lipinski definition) is 1. The summed E-state index contributed by atoms with van der Waals surface area (Å²) in [5.41, 5.74) is 0.740. The van der Waals surface area contributed by atoms with Crippen molar-refractivity contribution < 1.29 is 23.5 Å². The summed E-state index contributed by atoms with van der Waals surface area (Å²) in [7, 11) is 1.23. The van der Waals surface area contributed by atoms with Crippen LogP contribution in [0.3, 0.4) is 0 Å². The van der Waals surface area contributed by atoms with Gasteiger partial charge in [-0.2, -0.15) is 0 Å². The van der Waals surface area contributed by atoms with E-state index in [9.17, 15) is 14.4 Å². The predicted molar refractivity (Wildman–Crippen MR) is 77.7 cm³/mol. The van der Waals surface area contributed by atoms with Crippen LogP contribution < -0.4 is 15.7 Å². The maximum atomic E-state index is 11.5. The van der Waals surface area contributed by atoms with Gasteiger partial charge in [-0.15, -0.1) is 0 Å². The van der Waals surface area contributed by atoms with Crippen molar-refractivity contribution in [2.75, 3.05) is 20.3 Å². The minimum atomic E-state index is -0.545. The van der Waals surface area contributed by atoms with Gasteiger partial charge in [-0.25, -0.2) is 4.79 Å². The van der Waals surface area contributed by atoms with E-state index in [0.717, 1.165) is 10.9 Å². The molecule has 0 fully saturated rings. The van der Waals surface area contributed by atoms with E-state index in [1.54, 1.807) is 19.1 Å². The summed E-state index contributed by atoms with van der Waals surface area (Å²) in [6.07, 6.45) is 0. The maximum absolute atomic E-state index is 11.5. The molecule has 7 heteroatoms. The lowest BCUT2D eigenvalue weighted by Crippen LogP contribution is -2.33. The molecule has 1 N–H and O–H groups in total. The Morgan fingerprint density at radius 1 is 1.27 bits per heavy atom. The van der Waals surface area contributed by atoms with Crippen LogP contribution in [0.2, 0.25) is 0 Å². The van der Waals surface area contributed by atoms with Crippen LogP contribution in [-0.4, -0.2) is 32.1 Å². The lowest BCUT2D eigenvalue weighted by molar-refractivity contribution is -0.141. The topological polar surface area (TPSA) is 94.8 Å². The van der Waals surface area contributed by atoms with Gasteiger partial charge in [-0.3, -0.25) is 9.59 Å². The molecule has 0 spiro atoms. The zero-order valence-electron chi connectivity index (χ0n) is 12.2. The van der Waals surface area contributed by atoms with Crippen molar-refractivity contribution in [2.45, 2.75) is 6.92 Å². The molecule has 2 aromatic rings. The second-order valence-electron chi connectivity index (χ2n) is 4.55. The van der Waals surface area contributed by atoms with Crippen LogP contribution in [0.4, 0.5) is 0 Å². The molecule has 7 nitrogen and oxygen atoms in total. The number of hydrogen-bond acceptors (Lipinski definition) is 6. The molecule has 0 aliphatic carbocycles. The third-order valence-electron chi connectivity index (χ3n) is 2.95. The Kier molecular flexibility index (Phi) is 4.77. The highest BCUT2D eigenvalue weighted by molar-refractivity contribution is 5.83. The Morgan fingerprint density at radius 2 is 2.05 bits per heavy atom. The molecule has 0 radical (unpaired) electrons.